The fraction of sp³-hybridized carbons (Fsp3) is 0.800. The largest absolute Gasteiger partial charge is 0.311 e. The van der Waals surface area contributed by atoms with Crippen LogP contribution in [0.5, 0.6) is 0 Å². The van der Waals surface area contributed by atoms with E-state index in [2.05, 4.69) is 34.1 Å². The van der Waals surface area contributed by atoms with Gasteiger partial charge in [0, 0.05) is 6.54 Å². The Morgan fingerprint density at radius 1 is 1.36 bits per heavy atom. The van der Waals surface area contributed by atoms with Crippen molar-refractivity contribution in [2.75, 3.05) is 6.54 Å². The van der Waals surface area contributed by atoms with Gasteiger partial charge in [0.2, 0.25) is 0 Å². The molecule has 1 aromatic rings. The summed E-state index contributed by atoms with van der Waals surface area (Å²) in [4.78, 5) is 0. The van der Waals surface area contributed by atoms with E-state index in [1.807, 2.05) is 6.92 Å². The highest BCUT2D eigenvalue weighted by atomic mass is 16.6. The van der Waals surface area contributed by atoms with Crippen LogP contribution in [0.25, 0.3) is 0 Å². The standard InChI is InChI=1S/C10H19N3O/c1-8(2)5-4-6-11-7-10-9(3)12-14-13-10/h8,11H,4-7H2,1-3H3. The molecule has 1 aromatic heterocycles. The highest BCUT2D eigenvalue weighted by molar-refractivity contribution is 5.03. The number of hydrogen-bond donors (Lipinski definition) is 1. The zero-order valence-corrected chi connectivity index (χ0v) is 9.21. The molecule has 1 N–H and O–H groups in total. The molecule has 1 heterocycles. The molecule has 80 valence electrons. The van der Waals surface area contributed by atoms with E-state index in [9.17, 15) is 0 Å². The van der Waals surface area contributed by atoms with Gasteiger partial charge in [-0.1, -0.05) is 24.2 Å². The Balaban J connectivity index is 2.08. The molecule has 0 spiro atoms. The molecule has 0 saturated heterocycles. The third-order valence-corrected chi connectivity index (χ3v) is 2.17. The van der Waals surface area contributed by atoms with Crippen LogP contribution in [-0.2, 0) is 6.54 Å². The number of nitrogens with zero attached hydrogens (tertiary/aromatic N) is 2. The van der Waals surface area contributed by atoms with Gasteiger partial charge in [-0.05, 0) is 32.2 Å². The first-order valence-electron chi connectivity index (χ1n) is 5.19. The van der Waals surface area contributed by atoms with E-state index < -0.39 is 0 Å². The van der Waals surface area contributed by atoms with Gasteiger partial charge >= 0.3 is 0 Å². The molecule has 14 heavy (non-hydrogen) atoms. The van der Waals surface area contributed by atoms with Gasteiger partial charge in [0.25, 0.3) is 0 Å². The molecule has 4 heteroatoms. The molecular formula is C10H19N3O. The zero-order chi connectivity index (χ0) is 10.4. The second-order valence-electron chi connectivity index (χ2n) is 4.01. The predicted octanol–water partition coefficient (Wildman–Crippen LogP) is 1.90. The summed E-state index contributed by atoms with van der Waals surface area (Å²) in [6.45, 7) is 8.18. The molecule has 0 unspecified atom stereocenters. The Bertz CT molecular complexity index is 258. The predicted molar refractivity (Wildman–Crippen MR) is 54.8 cm³/mol. The summed E-state index contributed by atoms with van der Waals surface area (Å²) in [5.74, 6) is 0.784. The molecule has 4 nitrogen and oxygen atoms in total. The van der Waals surface area contributed by atoms with Crippen LogP contribution in [0.4, 0.5) is 0 Å². The summed E-state index contributed by atoms with van der Waals surface area (Å²) < 4.78 is 4.60. The van der Waals surface area contributed by atoms with E-state index in [1.165, 1.54) is 12.8 Å². The van der Waals surface area contributed by atoms with Crippen LogP contribution in [0.3, 0.4) is 0 Å². The monoisotopic (exact) mass is 197 g/mol. The van der Waals surface area contributed by atoms with Gasteiger partial charge in [-0.15, -0.1) is 0 Å². The maximum absolute atomic E-state index is 4.60. The van der Waals surface area contributed by atoms with E-state index in [-0.39, 0.29) is 0 Å². The first-order chi connectivity index (χ1) is 6.70. The quantitative estimate of drug-likeness (QED) is 0.708. The molecule has 0 fully saturated rings. The lowest BCUT2D eigenvalue weighted by Gasteiger charge is -2.04. The molecule has 0 bridgehead atoms. The number of rotatable bonds is 6. The zero-order valence-electron chi connectivity index (χ0n) is 9.21. The van der Waals surface area contributed by atoms with Gasteiger partial charge in [0.1, 0.15) is 11.4 Å². The molecule has 0 atom stereocenters. The Labute approximate surface area is 85.0 Å². The lowest BCUT2D eigenvalue weighted by molar-refractivity contribution is 0.300. The minimum absolute atomic E-state index is 0.757. The van der Waals surface area contributed by atoms with Crippen molar-refractivity contribution in [3.05, 3.63) is 11.4 Å². The minimum atomic E-state index is 0.757. The molecule has 0 aliphatic heterocycles. The smallest absolute Gasteiger partial charge is 0.121 e. The highest BCUT2D eigenvalue weighted by Crippen LogP contribution is 2.03. The summed E-state index contributed by atoms with van der Waals surface area (Å²) in [7, 11) is 0. The van der Waals surface area contributed by atoms with Crippen LogP contribution in [0.2, 0.25) is 0 Å². The second-order valence-corrected chi connectivity index (χ2v) is 4.01. The van der Waals surface area contributed by atoms with Crippen molar-refractivity contribution in [3.8, 4) is 0 Å². The molecule has 0 amide bonds. The third-order valence-electron chi connectivity index (χ3n) is 2.17. The van der Waals surface area contributed by atoms with Crippen molar-refractivity contribution in [1.29, 1.82) is 0 Å². The summed E-state index contributed by atoms with van der Waals surface area (Å²) >= 11 is 0. The van der Waals surface area contributed by atoms with Crippen LogP contribution in [0.1, 0.15) is 38.1 Å². The van der Waals surface area contributed by atoms with Gasteiger partial charge in [-0.3, -0.25) is 0 Å². The van der Waals surface area contributed by atoms with Gasteiger partial charge in [-0.2, -0.15) is 0 Å². The van der Waals surface area contributed by atoms with Crippen molar-refractivity contribution in [1.82, 2.24) is 15.6 Å². The van der Waals surface area contributed by atoms with Gasteiger partial charge in [-0.25, -0.2) is 4.63 Å². The first kappa shape index (κ1) is 11.2. The minimum Gasteiger partial charge on any atom is -0.311 e. The topological polar surface area (TPSA) is 51.0 Å². The van der Waals surface area contributed by atoms with Gasteiger partial charge < -0.3 is 5.32 Å². The second kappa shape index (κ2) is 5.75. The molecule has 0 radical (unpaired) electrons. The number of aryl methyl sites for hydroxylation is 1. The summed E-state index contributed by atoms with van der Waals surface area (Å²) in [6.07, 6.45) is 2.48. The van der Waals surface area contributed by atoms with Crippen molar-refractivity contribution in [3.63, 3.8) is 0 Å². The summed E-state index contributed by atoms with van der Waals surface area (Å²) in [6, 6.07) is 0. The normalized spacial score (nSPS) is 11.1. The van der Waals surface area contributed by atoms with E-state index in [1.54, 1.807) is 0 Å². The van der Waals surface area contributed by atoms with E-state index in [0.29, 0.717) is 0 Å². The maximum atomic E-state index is 4.60. The molecule has 0 aromatic carbocycles. The van der Waals surface area contributed by atoms with Crippen LogP contribution >= 0.6 is 0 Å². The summed E-state index contributed by atoms with van der Waals surface area (Å²) in [5, 5.41) is 10.8. The highest BCUT2D eigenvalue weighted by Gasteiger charge is 2.03. The van der Waals surface area contributed by atoms with Gasteiger partial charge in [0.15, 0.2) is 0 Å². The number of nitrogens with one attached hydrogen (secondary N) is 1. The van der Waals surface area contributed by atoms with E-state index in [0.717, 1.165) is 30.4 Å². The fourth-order valence-corrected chi connectivity index (χ4v) is 1.25. The molecule has 0 aliphatic rings. The van der Waals surface area contributed by atoms with Gasteiger partial charge in [0.05, 0.1) is 0 Å². The Morgan fingerprint density at radius 2 is 2.14 bits per heavy atom. The molecule has 0 saturated carbocycles. The van der Waals surface area contributed by atoms with Crippen LogP contribution in [-0.4, -0.2) is 16.9 Å². The Kier molecular flexibility index (Phi) is 4.59. The van der Waals surface area contributed by atoms with Crippen LogP contribution in [0.15, 0.2) is 4.63 Å². The molecular weight excluding hydrogens is 178 g/mol. The van der Waals surface area contributed by atoms with E-state index >= 15 is 0 Å². The van der Waals surface area contributed by atoms with Crippen LogP contribution < -0.4 is 5.32 Å². The first-order valence-corrected chi connectivity index (χ1v) is 5.19. The average Bonchev–Trinajstić information content (AvgIpc) is 2.51. The maximum Gasteiger partial charge on any atom is 0.121 e. The Hall–Kier alpha value is -0.900. The van der Waals surface area contributed by atoms with Crippen LogP contribution in [0, 0.1) is 12.8 Å². The molecule has 1 rings (SSSR count). The SMILES string of the molecule is Cc1nonc1CNCCCC(C)C. The third kappa shape index (κ3) is 3.87. The van der Waals surface area contributed by atoms with Crippen molar-refractivity contribution in [2.24, 2.45) is 5.92 Å². The fourth-order valence-electron chi connectivity index (χ4n) is 1.25. The van der Waals surface area contributed by atoms with E-state index in [4.69, 9.17) is 0 Å². The average molecular weight is 197 g/mol. The number of aromatic nitrogens is 2. The number of hydrogen-bond acceptors (Lipinski definition) is 4. The Morgan fingerprint density at radius 3 is 2.71 bits per heavy atom. The summed E-state index contributed by atoms with van der Waals surface area (Å²) in [5.41, 5.74) is 1.79. The lowest BCUT2D eigenvalue weighted by Crippen LogP contribution is -2.16. The van der Waals surface area contributed by atoms with Crippen molar-refractivity contribution >= 4 is 0 Å². The lowest BCUT2D eigenvalue weighted by atomic mass is 10.1. The molecule has 0 aliphatic carbocycles. The van der Waals surface area contributed by atoms with Crippen molar-refractivity contribution in [2.45, 2.75) is 40.2 Å². The van der Waals surface area contributed by atoms with Crippen molar-refractivity contribution < 1.29 is 4.63 Å².